The summed E-state index contributed by atoms with van der Waals surface area (Å²) >= 11 is 0. The predicted molar refractivity (Wildman–Crippen MR) is 122 cm³/mol. The molecule has 0 saturated carbocycles. The Morgan fingerprint density at radius 3 is 2.19 bits per heavy atom. The molecule has 2 N–H and O–H groups in total. The molecule has 1 heterocycles. The highest BCUT2D eigenvalue weighted by Gasteiger charge is 2.42. The average molecular weight is 406 g/mol. The number of H-pyrrole nitrogens is 1. The molecule has 3 aliphatic carbocycles. The zero-order valence-electron chi connectivity index (χ0n) is 17.0. The highest BCUT2D eigenvalue weighted by Crippen LogP contribution is 2.55. The number of carbonyl (C=O) groups is 1. The minimum absolute atomic E-state index is 0.167. The third kappa shape index (κ3) is 2.82. The Morgan fingerprint density at radius 2 is 1.48 bits per heavy atom. The summed E-state index contributed by atoms with van der Waals surface area (Å²) in [6.07, 6.45) is 1.01. The lowest BCUT2D eigenvalue weighted by Gasteiger charge is -2.45. The topological polar surface area (TPSA) is 62.0 Å². The van der Waals surface area contributed by atoms with Gasteiger partial charge in [0.15, 0.2) is 0 Å². The summed E-state index contributed by atoms with van der Waals surface area (Å²) in [4.78, 5) is 28.2. The largest absolute Gasteiger partial charge is 0.352 e. The number of pyridine rings is 1. The van der Waals surface area contributed by atoms with Gasteiger partial charge in [0.2, 0.25) is 0 Å². The van der Waals surface area contributed by atoms with Crippen LogP contribution in [0.3, 0.4) is 0 Å². The van der Waals surface area contributed by atoms with E-state index in [0.717, 1.165) is 17.3 Å². The number of amides is 1. The third-order valence-electron chi connectivity index (χ3n) is 6.95. The number of benzene rings is 3. The summed E-state index contributed by atoms with van der Waals surface area (Å²) in [5.41, 5.74) is 6.14. The molecule has 3 aliphatic rings. The van der Waals surface area contributed by atoms with Crippen molar-refractivity contribution in [2.75, 3.05) is 6.54 Å². The molecule has 3 aromatic carbocycles. The van der Waals surface area contributed by atoms with Crippen LogP contribution in [0.2, 0.25) is 0 Å². The van der Waals surface area contributed by atoms with E-state index in [9.17, 15) is 9.59 Å². The fourth-order valence-electron chi connectivity index (χ4n) is 5.59. The van der Waals surface area contributed by atoms with Crippen LogP contribution in [0.25, 0.3) is 10.9 Å². The molecule has 1 aromatic heterocycles. The van der Waals surface area contributed by atoms with Crippen molar-refractivity contribution in [1.29, 1.82) is 0 Å². The third-order valence-corrected chi connectivity index (χ3v) is 6.95. The van der Waals surface area contributed by atoms with Gasteiger partial charge in [-0.25, -0.2) is 0 Å². The Bertz CT molecular complexity index is 1340. The van der Waals surface area contributed by atoms with Crippen molar-refractivity contribution < 1.29 is 4.79 Å². The quantitative estimate of drug-likeness (QED) is 0.524. The number of aromatic amines is 1. The smallest absolute Gasteiger partial charge is 0.261 e. The first-order chi connectivity index (χ1) is 15.2. The minimum Gasteiger partial charge on any atom is -0.352 e. The van der Waals surface area contributed by atoms with E-state index in [4.69, 9.17) is 0 Å². The Balaban J connectivity index is 1.30. The molecule has 0 fully saturated rings. The number of aromatic nitrogens is 1. The number of para-hydroxylation sites is 1. The molecule has 0 saturated heterocycles. The van der Waals surface area contributed by atoms with Crippen LogP contribution in [0.15, 0.2) is 83.7 Å². The van der Waals surface area contributed by atoms with Crippen LogP contribution in [-0.4, -0.2) is 17.4 Å². The van der Waals surface area contributed by atoms with Crippen molar-refractivity contribution in [3.8, 4) is 0 Å². The van der Waals surface area contributed by atoms with E-state index in [1.165, 1.54) is 22.3 Å². The van der Waals surface area contributed by atoms with Crippen LogP contribution < -0.4 is 10.9 Å². The minimum atomic E-state index is -0.350. The van der Waals surface area contributed by atoms with Gasteiger partial charge in [0, 0.05) is 23.9 Å². The molecule has 31 heavy (non-hydrogen) atoms. The molecular formula is C27H22N2O2. The van der Waals surface area contributed by atoms with Crippen molar-refractivity contribution in [1.82, 2.24) is 10.3 Å². The van der Waals surface area contributed by atoms with Gasteiger partial charge in [-0.05, 0) is 52.1 Å². The normalized spacial score (nSPS) is 20.8. The van der Waals surface area contributed by atoms with Gasteiger partial charge in [-0.15, -0.1) is 0 Å². The molecule has 7 rings (SSSR count). The molecule has 1 amide bonds. The molecule has 4 aromatic rings. The molecule has 1 atom stereocenters. The van der Waals surface area contributed by atoms with Crippen LogP contribution >= 0.6 is 0 Å². The number of hydrogen-bond acceptors (Lipinski definition) is 2. The Hall–Kier alpha value is -3.66. The van der Waals surface area contributed by atoms with Crippen LogP contribution in [0, 0.1) is 5.92 Å². The number of rotatable bonds is 3. The van der Waals surface area contributed by atoms with E-state index in [0.29, 0.717) is 18.4 Å². The monoisotopic (exact) mass is 406 g/mol. The first kappa shape index (κ1) is 18.1. The van der Waals surface area contributed by atoms with Crippen molar-refractivity contribution >= 4 is 16.8 Å². The second-order valence-electron chi connectivity index (χ2n) is 8.59. The summed E-state index contributed by atoms with van der Waals surface area (Å²) in [7, 11) is 0. The van der Waals surface area contributed by atoms with Crippen LogP contribution in [0.5, 0.6) is 0 Å². The van der Waals surface area contributed by atoms with E-state index in [2.05, 4.69) is 58.8 Å². The molecule has 0 spiro atoms. The van der Waals surface area contributed by atoms with Crippen molar-refractivity contribution in [3.63, 3.8) is 0 Å². The lowest BCUT2D eigenvalue weighted by atomic mass is 9.59. The van der Waals surface area contributed by atoms with E-state index in [-0.39, 0.29) is 22.9 Å². The molecule has 0 radical (unpaired) electrons. The van der Waals surface area contributed by atoms with Crippen molar-refractivity contribution in [3.05, 3.63) is 117 Å². The zero-order chi connectivity index (χ0) is 20.9. The average Bonchev–Trinajstić information content (AvgIpc) is 2.82. The van der Waals surface area contributed by atoms with E-state index in [1.54, 1.807) is 6.07 Å². The maximum atomic E-state index is 12.9. The van der Waals surface area contributed by atoms with E-state index >= 15 is 0 Å². The number of nitrogens with one attached hydrogen (secondary N) is 2. The SMILES string of the molecule is O=C(NC[C@H]1CC2c3ccccc3C1c1ccccc12)c1cc2ccccc2[nH]c1=O. The lowest BCUT2D eigenvalue weighted by Crippen LogP contribution is -2.40. The zero-order valence-corrected chi connectivity index (χ0v) is 17.0. The van der Waals surface area contributed by atoms with Gasteiger partial charge in [0.05, 0.1) is 0 Å². The highest BCUT2D eigenvalue weighted by atomic mass is 16.2. The summed E-state index contributed by atoms with van der Waals surface area (Å²) in [6.45, 7) is 0.551. The van der Waals surface area contributed by atoms with Crippen LogP contribution in [0.4, 0.5) is 0 Å². The number of hydrogen-bond donors (Lipinski definition) is 2. The van der Waals surface area contributed by atoms with Gasteiger partial charge in [0.25, 0.3) is 11.5 Å². The van der Waals surface area contributed by atoms with Crippen LogP contribution in [0.1, 0.15) is 50.9 Å². The Morgan fingerprint density at radius 1 is 0.871 bits per heavy atom. The second-order valence-corrected chi connectivity index (χ2v) is 8.59. The summed E-state index contributed by atoms with van der Waals surface area (Å²) in [5.74, 6) is 0.629. The maximum absolute atomic E-state index is 12.9. The molecule has 152 valence electrons. The Kier molecular flexibility index (Phi) is 4.06. The first-order valence-corrected chi connectivity index (χ1v) is 10.8. The summed E-state index contributed by atoms with van der Waals surface area (Å²) in [5, 5.41) is 3.92. The summed E-state index contributed by atoms with van der Waals surface area (Å²) in [6, 6.07) is 26.6. The predicted octanol–water partition coefficient (Wildman–Crippen LogP) is 4.56. The van der Waals surface area contributed by atoms with Crippen molar-refractivity contribution in [2.45, 2.75) is 18.3 Å². The molecule has 0 aliphatic heterocycles. The molecule has 4 nitrogen and oxygen atoms in total. The molecule has 4 heteroatoms. The molecule has 2 bridgehead atoms. The van der Waals surface area contributed by atoms with E-state index < -0.39 is 0 Å². The number of fused-ring (bicyclic) bond motifs is 2. The van der Waals surface area contributed by atoms with Crippen LogP contribution in [-0.2, 0) is 0 Å². The van der Waals surface area contributed by atoms with Crippen molar-refractivity contribution in [2.24, 2.45) is 5.92 Å². The molecular weight excluding hydrogens is 384 g/mol. The van der Waals surface area contributed by atoms with Gasteiger partial charge in [0.1, 0.15) is 5.56 Å². The maximum Gasteiger partial charge on any atom is 0.261 e. The highest BCUT2D eigenvalue weighted by molar-refractivity contribution is 5.97. The van der Waals surface area contributed by atoms with Gasteiger partial charge < -0.3 is 10.3 Å². The van der Waals surface area contributed by atoms with Gasteiger partial charge in [-0.2, -0.15) is 0 Å². The summed E-state index contributed by atoms with van der Waals surface area (Å²) < 4.78 is 0. The Labute approximate surface area is 179 Å². The number of carbonyl (C=O) groups excluding carboxylic acids is 1. The fourth-order valence-corrected chi connectivity index (χ4v) is 5.59. The fraction of sp³-hybridized carbons (Fsp3) is 0.185. The van der Waals surface area contributed by atoms with Gasteiger partial charge >= 0.3 is 0 Å². The van der Waals surface area contributed by atoms with Gasteiger partial charge in [-0.1, -0.05) is 66.7 Å². The molecule has 0 unspecified atom stereocenters. The van der Waals surface area contributed by atoms with E-state index in [1.807, 2.05) is 24.3 Å². The second kappa shape index (κ2) is 6.95. The lowest BCUT2D eigenvalue weighted by molar-refractivity contribution is 0.0941. The standard InChI is InChI=1S/C27H22N2O2/c30-26(23-13-16-7-1-6-12-24(16)29-27(23)31)28-15-17-14-22-18-8-2-4-10-20(18)25(17)21-11-5-3-9-19(21)22/h1-13,17,22,25H,14-15H2,(H,28,30)(H,29,31)/t17-,22?,25?/m1/s1. The first-order valence-electron chi connectivity index (χ1n) is 10.8. The van der Waals surface area contributed by atoms with Gasteiger partial charge in [-0.3, -0.25) is 9.59 Å².